The highest BCUT2D eigenvalue weighted by Gasteiger charge is 2.20. The first-order valence-corrected chi connectivity index (χ1v) is 6.79. The van der Waals surface area contributed by atoms with Crippen LogP contribution in [0.3, 0.4) is 0 Å². The van der Waals surface area contributed by atoms with Gasteiger partial charge in [0.05, 0.1) is 12.6 Å². The van der Waals surface area contributed by atoms with Crippen LogP contribution in [-0.4, -0.2) is 19.0 Å². The minimum atomic E-state index is -0.0612. The molecule has 1 aliphatic rings. The summed E-state index contributed by atoms with van der Waals surface area (Å²) in [5, 5.41) is 6.81. The van der Waals surface area contributed by atoms with Gasteiger partial charge in [-0.05, 0) is 43.9 Å². The fraction of sp³-hybridized carbons (Fsp3) is 0.500. The second-order valence-corrected chi connectivity index (χ2v) is 5.29. The summed E-state index contributed by atoms with van der Waals surface area (Å²) < 4.78 is 0. The molecule has 0 heterocycles. The van der Waals surface area contributed by atoms with E-state index in [1.165, 1.54) is 12.8 Å². The maximum atomic E-state index is 11.7. The van der Waals surface area contributed by atoms with Gasteiger partial charge < -0.3 is 10.6 Å². The van der Waals surface area contributed by atoms with Crippen molar-refractivity contribution < 1.29 is 4.79 Å². The standard InChI is InChI=1S/C14H19ClN2O/c1-10(12-4-2-3-5-13(12)15)17-14(18)9-16-8-11-6-7-11/h2-5,10-11,16H,6-9H2,1H3,(H,17,18)/t10-/m1/s1. The Morgan fingerprint density at radius 3 is 2.83 bits per heavy atom. The van der Waals surface area contributed by atoms with E-state index >= 15 is 0 Å². The van der Waals surface area contributed by atoms with Gasteiger partial charge in [-0.2, -0.15) is 0 Å². The van der Waals surface area contributed by atoms with Crippen LogP contribution in [-0.2, 0) is 4.79 Å². The third-order valence-corrected chi connectivity index (χ3v) is 3.51. The number of benzene rings is 1. The van der Waals surface area contributed by atoms with Crippen molar-refractivity contribution in [2.75, 3.05) is 13.1 Å². The topological polar surface area (TPSA) is 41.1 Å². The molecule has 1 amide bonds. The van der Waals surface area contributed by atoms with Crippen LogP contribution in [0.15, 0.2) is 24.3 Å². The predicted molar refractivity (Wildman–Crippen MR) is 73.6 cm³/mol. The average molecular weight is 267 g/mol. The lowest BCUT2D eigenvalue weighted by molar-refractivity contribution is -0.120. The Kier molecular flexibility index (Phi) is 4.61. The Morgan fingerprint density at radius 2 is 2.17 bits per heavy atom. The summed E-state index contributed by atoms with van der Waals surface area (Å²) in [5.74, 6) is 0.807. The number of amides is 1. The molecule has 1 atom stereocenters. The van der Waals surface area contributed by atoms with E-state index in [2.05, 4.69) is 10.6 Å². The minimum Gasteiger partial charge on any atom is -0.348 e. The van der Waals surface area contributed by atoms with Gasteiger partial charge in [-0.15, -0.1) is 0 Å². The summed E-state index contributed by atoms with van der Waals surface area (Å²) >= 11 is 6.09. The van der Waals surface area contributed by atoms with Crippen molar-refractivity contribution >= 4 is 17.5 Å². The highest BCUT2D eigenvalue weighted by molar-refractivity contribution is 6.31. The molecule has 0 bridgehead atoms. The second kappa shape index (κ2) is 6.21. The number of carbonyl (C=O) groups excluding carboxylic acids is 1. The van der Waals surface area contributed by atoms with E-state index < -0.39 is 0 Å². The summed E-state index contributed by atoms with van der Waals surface area (Å²) in [5.41, 5.74) is 0.953. The number of carbonyl (C=O) groups is 1. The fourth-order valence-electron chi connectivity index (χ4n) is 1.91. The molecule has 18 heavy (non-hydrogen) atoms. The van der Waals surface area contributed by atoms with Crippen LogP contribution in [0.2, 0.25) is 5.02 Å². The molecule has 1 fully saturated rings. The van der Waals surface area contributed by atoms with Gasteiger partial charge in [-0.3, -0.25) is 4.79 Å². The van der Waals surface area contributed by atoms with Gasteiger partial charge in [0.15, 0.2) is 0 Å². The van der Waals surface area contributed by atoms with Gasteiger partial charge in [-0.1, -0.05) is 29.8 Å². The second-order valence-electron chi connectivity index (χ2n) is 4.88. The number of hydrogen-bond donors (Lipinski definition) is 2. The molecule has 2 rings (SSSR count). The van der Waals surface area contributed by atoms with E-state index in [1.807, 2.05) is 31.2 Å². The van der Waals surface area contributed by atoms with Crippen LogP contribution in [0.1, 0.15) is 31.4 Å². The van der Waals surface area contributed by atoms with Crippen molar-refractivity contribution in [3.63, 3.8) is 0 Å². The first-order chi connectivity index (χ1) is 8.66. The summed E-state index contributed by atoms with van der Waals surface area (Å²) in [6.07, 6.45) is 2.59. The Bertz CT molecular complexity index is 418. The molecule has 98 valence electrons. The molecule has 1 aromatic carbocycles. The molecule has 0 aromatic heterocycles. The van der Waals surface area contributed by atoms with Gasteiger partial charge in [-0.25, -0.2) is 0 Å². The number of hydrogen-bond acceptors (Lipinski definition) is 2. The molecule has 0 radical (unpaired) electrons. The first-order valence-electron chi connectivity index (χ1n) is 6.41. The van der Waals surface area contributed by atoms with Gasteiger partial charge in [0.25, 0.3) is 0 Å². The summed E-state index contributed by atoms with van der Waals surface area (Å²) in [7, 11) is 0. The monoisotopic (exact) mass is 266 g/mol. The third kappa shape index (κ3) is 4.00. The zero-order valence-electron chi connectivity index (χ0n) is 10.6. The molecular formula is C14H19ClN2O. The highest BCUT2D eigenvalue weighted by Crippen LogP contribution is 2.27. The summed E-state index contributed by atoms with van der Waals surface area (Å²) in [6.45, 7) is 3.28. The smallest absolute Gasteiger partial charge is 0.234 e. The molecule has 0 aliphatic heterocycles. The van der Waals surface area contributed by atoms with E-state index in [0.29, 0.717) is 11.6 Å². The lowest BCUT2D eigenvalue weighted by Gasteiger charge is -2.15. The molecule has 3 nitrogen and oxygen atoms in total. The summed E-state index contributed by atoms with van der Waals surface area (Å²) in [4.78, 5) is 11.7. The SMILES string of the molecule is C[C@@H](NC(=O)CNCC1CC1)c1ccccc1Cl. The maximum Gasteiger partial charge on any atom is 0.234 e. The molecule has 2 N–H and O–H groups in total. The fourth-order valence-corrected chi connectivity index (χ4v) is 2.21. The van der Waals surface area contributed by atoms with Crippen LogP contribution in [0.4, 0.5) is 0 Å². The lowest BCUT2D eigenvalue weighted by Crippen LogP contribution is -2.36. The van der Waals surface area contributed by atoms with Crippen LogP contribution in [0, 0.1) is 5.92 Å². The summed E-state index contributed by atoms with van der Waals surface area (Å²) in [6, 6.07) is 7.52. The molecule has 1 saturated carbocycles. The molecule has 1 aromatic rings. The number of rotatable bonds is 6. The van der Waals surface area contributed by atoms with E-state index in [4.69, 9.17) is 11.6 Å². The van der Waals surface area contributed by atoms with E-state index in [-0.39, 0.29) is 11.9 Å². The predicted octanol–water partition coefficient (Wildman–Crippen LogP) is 2.52. The minimum absolute atomic E-state index is 0.0167. The first kappa shape index (κ1) is 13.4. The molecule has 0 saturated heterocycles. The molecule has 0 unspecified atom stereocenters. The lowest BCUT2D eigenvalue weighted by atomic mass is 10.1. The van der Waals surface area contributed by atoms with E-state index in [1.54, 1.807) is 0 Å². The van der Waals surface area contributed by atoms with Crippen LogP contribution >= 0.6 is 11.6 Å². The zero-order valence-corrected chi connectivity index (χ0v) is 11.3. The number of nitrogens with one attached hydrogen (secondary N) is 2. The Labute approximate surface area is 113 Å². The van der Waals surface area contributed by atoms with Crippen LogP contribution in [0.5, 0.6) is 0 Å². The highest BCUT2D eigenvalue weighted by atomic mass is 35.5. The maximum absolute atomic E-state index is 11.7. The Balaban J connectivity index is 1.77. The van der Waals surface area contributed by atoms with Crippen molar-refractivity contribution in [1.82, 2.24) is 10.6 Å². The van der Waals surface area contributed by atoms with Crippen molar-refractivity contribution in [2.24, 2.45) is 5.92 Å². The van der Waals surface area contributed by atoms with E-state index in [0.717, 1.165) is 18.0 Å². The third-order valence-electron chi connectivity index (χ3n) is 3.16. The zero-order chi connectivity index (χ0) is 13.0. The van der Waals surface area contributed by atoms with Crippen LogP contribution in [0.25, 0.3) is 0 Å². The number of halogens is 1. The molecule has 4 heteroatoms. The van der Waals surface area contributed by atoms with E-state index in [9.17, 15) is 4.79 Å². The Hall–Kier alpha value is -1.06. The van der Waals surface area contributed by atoms with Crippen molar-refractivity contribution in [3.8, 4) is 0 Å². The van der Waals surface area contributed by atoms with Gasteiger partial charge in [0.1, 0.15) is 0 Å². The average Bonchev–Trinajstić information content (AvgIpc) is 3.13. The van der Waals surface area contributed by atoms with Gasteiger partial charge in [0, 0.05) is 5.02 Å². The van der Waals surface area contributed by atoms with Crippen LogP contribution < -0.4 is 10.6 Å². The van der Waals surface area contributed by atoms with Gasteiger partial charge >= 0.3 is 0 Å². The molecule has 0 spiro atoms. The van der Waals surface area contributed by atoms with Gasteiger partial charge in [0.2, 0.25) is 5.91 Å². The normalized spacial score (nSPS) is 16.3. The molecular weight excluding hydrogens is 248 g/mol. The largest absolute Gasteiger partial charge is 0.348 e. The quantitative estimate of drug-likeness (QED) is 0.831. The molecule has 1 aliphatic carbocycles. The van der Waals surface area contributed by atoms with Crippen molar-refractivity contribution in [1.29, 1.82) is 0 Å². The Morgan fingerprint density at radius 1 is 1.44 bits per heavy atom. The van der Waals surface area contributed by atoms with Crippen molar-refractivity contribution in [2.45, 2.75) is 25.8 Å². The van der Waals surface area contributed by atoms with Crippen molar-refractivity contribution in [3.05, 3.63) is 34.9 Å².